The van der Waals surface area contributed by atoms with Gasteiger partial charge in [-0.2, -0.15) is 0 Å². The minimum Gasteiger partial charge on any atom is -0.356 e. The zero-order valence-corrected chi connectivity index (χ0v) is 11.6. The summed E-state index contributed by atoms with van der Waals surface area (Å²) in [6, 6.07) is 4.66. The van der Waals surface area contributed by atoms with Crippen molar-refractivity contribution in [3.63, 3.8) is 0 Å². The van der Waals surface area contributed by atoms with Gasteiger partial charge < -0.3 is 5.32 Å². The largest absolute Gasteiger partial charge is 0.356 e. The Morgan fingerprint density at radius 2 is 1.89 bits per heavy atom. The van der Waals surface area contributed by atoms with Crippen LogP contribution in [0.25, 0.3) is 0 Å². The predicted molar refractivity (Wildman–Crippen MR) is 70.4 cm³/mol. The quantitative estimate of drug-likeness (QED) is 0.818. The monoisotopic (exact) mass is 288 g/mol. The zero-order valence-electron chi connectivity index (χ0n) is 10.8. The van der Waals surface area contributed by atoms with Crippen molar-refractivity contribution in [1.82, 2.24) is 10.0 Å². The van der Waals surface area contributed by atoms with Gasteiger partial charge in [0.25, 0.3) is 0 Å². The van der Waals surface area contributed by atoms with Crippen LogP contribution >= 0.6 is 0 Å². The lowest BCUT2D eigenvalue weighted by molar-refractivity contribution is -0.121. The fraction of sp³-hybridized carbons (Fsp3) is 0.417. The summed E-state index contributed by atoms with van der Waals surface area (Å²) in [6.07, 6.45) is 0.980. The SMILES string of the molecule is CCNC(=O)C[C@@H](NS(C)(=O)=O)c1ccc(F)cc1. The molecule has 19 heavy (non-hydrogen) atoms. The highest BCUT2D eigenvalue weighted by atomic mass is 32.2. The molecule has 0 aliphatic carbocycles. The van der Waals surface area contributed by atoms with Gasteiger partial charge in [0.2, 0.25) is 15.9 Å². The molecular weight excluding hydrogens is 271 g/mol. The number of benzene rings is 1. The lowest BCUT2D eigenvalue weighted by Crippen LogP contribution is -2.33. The summed E-state index contributed by atoms with van der Waals surface area (Å²) in [4.78, 5) is 11.6. The lowest BCUT2D eigenvalue weighted by Gasteiger charge is -2.17. The minimum absolute atomic E-state index is 0.0352. The number of carbonyl (C=O) groups is 1. The van der Waals surface area contributed by atoms with E-state index in [0.717, 1.165) is 6.26 Å². The van der Waals surface area contributed by atoms with Crippen LogP contribution < -0.4 is 10.0 Å². The number of nitrogens with one attached hydrogen (secondary N) is 2. The Hall–Kier alpha value is -1.47. The molecule has 0 saturated carbocycles. The molecule has 1 rings (SSSR count). The average molecular weight is 288 g/mol. The molecule has 1 aromatic rings. The van der Waals surface area contributed by atoms with Crippen LogP contribution in [-0.2, 0) is 14.8 Å². The average Bonchev–Trinajstić information content (AvgIpc) is 2.27. The van der Waals surface area contributed by atoms with Gasteiger partial charge in [-0.15, -0.1) is 0 Å². The number of halogens is 1. The summed E-state index contributed by atoms with van der Waals surface area (Å²) in [5, 5.41) is 2.60. The van der Waals surface area contributed by atoms with Crippen molar-refractivity contribution in [3.8, 4) is 0 Å². The second kappa shape index (κ2) is 6.63. The van der Waals surface area contributed by atoms with Gasteiger partial charge in [0.1, 0.15) is 5.82 Å². The molecule has 0 aliphatic rings. The van der Waals surface area contributed by atoms with Crippen molar-refractivity contribution in [2.45, 2.75) is 19.4 Å². The molecule has 1 amide bonds. The molecule has 5 nitrogen and oxygen atoms in total. The van der Waals surface area contributed by atoms with Gasteiger partial charge in [-0.3, -0.25) is 4.79 Å². The van der Waals surface area contributed by atoms with Crippen LogP contribution in [0.5, 0.6) is 0 Å². The molecule has 1 atom stereocenters. The van der Waals surface area contributed by atoms with Gasteiger partial charge in [0.15, 0.2) is 0 Å². The third kappa shape index (κ3) is 5.80. The molecule has 0 fully saturated rings. The third-order valence-corrected chi connectivity index (χ3v) is 3.10. The Morgan fingerprint density at radius 1 is 1.32 bits per heavy atom. The summed E-state index contributed by atoms with van der Waals surface area (Å²) in [7, 11) is -3.47. The topological polar surface area (TPSA) is 75.3 Å². The van der Waals surface area contributed by atoms with Gasteiger partial charge in [-0.25, -0.2) is 17.5 Å². The molecule has 2 N–H and O–H groups in total. The second-order valence-electron chi connectivity index (χ2n) is 4.15. The van der Waals surface area contributed by atoms with Crippen molar-refractivity contribution in [1.29, 1.82) is 0 Å². The molecule has 0 saturated heterocycles. The smallest absolute Gasteiger partial charge is 0.221 e. The van der Waals surface area contributed by atoms with E-state index in [1.807, 2.05) is 0 Å². The van der Waals surface area contributed by atoms with Crippen molar-refractivity contribution in [2.75, 3.05) is 12.8 Å². The molecule has 0 aliphatic heterocycles. The maximum absolute atomic E-state index is 12.9. The number of sulfonamides is 1. The number of rotatable bonds is 6. The number of hydrogen-bond acceptors (Lipinski definition) is 3. The summed E-state index contributed by atoms with van der Waals surface area (Å²) in [5.41, 5.74) is 0.540. The molecule has 0 aromatic heterocycles. The predicted octanol–water partition coefficient (Wildman–Crippen LogP) is 0.942. The van der Waals surface area contributed by atoms with Crippen LogP contribution in [0.2, 0.25) is 0 Å². The van der Waals surface area contributed by atoms with Crippen LogP contribution in [-0.4, -0.2) is 27.1 Å². The Labute approximate surface area is 112 Å². The maximum atomic E-state index is 12.9. The summed E-state index contributed by atoms with van der Waals surface area (Å²) in [6.45, 7) is 2.24. The Bertz CT molecular complexity index is 528. The molecule has 1 aromatic carbocycles. The normalized spacial score (nSPS) is 13.0. The van der Waals surface area contributed by atoms with Crippen molar-refractivity contribution >= 4 is 15.9 Å². The lowest BCUT2D eigenvalue weighted by atomic mass is 10.0. The first-order chi connectivity index (χ1) is 8.81. The highest BCUT2D eigenvalue weighted by Gasteiger charge is 2.19. The minimum atomic E-state index is -3.47. The number of amides is 1. The first-order valence-electron chi connectivity index (χ1n) is 5.81. The van der Waals surface area contributed by atoms with Crippen LogP contribution in [0.3, 0.4) is 0 Å². The first kappa shape index (κ1) is 15.6. The van der Waals surface area contributed by atoms with Gasteiger partial charge in [0.05, 0.1) is 12.3 Å². The van der Waals surface area contributed by atoms with Gasteiger partial charge in [-0.05, 0) is 24.6 Å². The molecule has 0 bridgehead atoms. The summed E-state index contributed by atoms with van der Waals surface area (Å²) < 4.78 is 37.8. The third-order valence-electron chi connectivity index (χ3n) is 2.39. The molecule has 0 heterocycles. The van der Waals surface area contributed by atoms with Crippen molar-refractivity contribution < 1.29 is 17.6 Å². The van der Waals surface area contributed by atoms with E-state index in [9.17, 15) is 17.6 Å². The van der Waals surface area contributed by atoms with E-state index in [4.69, 9.17) is 0 Å². The van der Waals surface area contributed by atoms with E-state index in [0.29, 0.717) is 12.1 Å². The first-order valence-corrected chi connectivity index (χ1v) is 7.70. The summed E-state index contributed by atoms with van der Waals surface area (Å²) >= 11 is 0. The van der Waals surface area contributed by atoms with E-state index in [2.05, 4.69) is 10.0 Å². The zero-order chi connectivity index (χ0) is 14.5. The molecule has 106 valence electrons. The van der Waals surface area contributed by atoms with Gasteiger partial charge in [0, 0.05) is 13.0 Å². The second-order valence-corrected chi connectivity index (χ2v) is 5.93. The molecule has 0 spiro atoms. The highest BCUT2D eigenvalue weighted by Crippen LogP contribution is 2.18. The molecule has 0 unspecified atom stereocenters. The van der Waals surface area contributed by atoms with Crippen LogP contribution in [0.15, 0.2) is 24.3 Å². The van der Waals surface area contributed by atoms with E-state index >= 15 is 0 Å². The van der Waals surface area contributed by atoms with Crippen LogP contribution in [0.4, 0.5) is 4.39 Å². The number of carbonyl (C=O) groups excluding carboxylic acids is 1. The Kier molecular flexibility index (Phi) is 5.44. The van der Waals surface area contributed by atoms with Crippen molar-refractivity contribution in [3.05, 3.63) is 35.6 Å². The van der Waals surface area contributed by atoms with Gasteiger partial charge >= 0.3 is 0 Å². The molecule has 0 radical (unpaired) electrons. The van der Waals surface area contributed by atoms with Gasteiger partial charge in [-0.1, -0.05) is 12.1 Å². The summed E-state index contributed by atoms with van der Waals surface area (Å²) in [5.74, 6) is -0.687. The highest BCUT2D eigenvalue weighted by molar-refractivity contribution is 7.88. The number of hydrogen-bond donors (Lipinski definition) is 2. The molecule has 7 heteroatoms. The van der Waals surface area contributed by atoms with Crippen LogP contribution in [0.1, 0.15) is 24.9 Å². The van der Waals surface area contributed by atoms with E-state index in [1.54, 1.807) is 6.92 Å². The fourth-order valence-corrected chi connectivity index (χ4v) is 2.37. The standard InChI is InChI=1S/C12H17FN2O3S/c1-3-14-12(16)8-11(15-19(2,17)18)9-4-6-10(13)7-5-9/h4-7,11,15H,3,8H2,1-2H3,(H,14,16)/t11-/m1/s1. The maximum Gasteiger partial charge on any atom is 0.221 e. The Balaban J connectivity index is 2.91. The molecular formula is C12H17FN2O3S. The van der Waals surface area contributed by atoms with E-state index < -0.39 is 21.9 Å². The van der Waals surface area contributed by atoms with E-state index in [1.165, 1.54) is 24.3 Å². The fourth-order valence-electron chi connectivity index (χ4n) is 1.64. The van der Waals surface area contributed by atoms with Crippen molar-refractivity contribution in [2.24, 2.45) is 0 Å². The van der Waals surface area contributed by atoms with Crippen LogP contribution in [0, 0.1) is 5.82 Å². The Morgan fingerprint density at radius 3 is 2.37 bits per heavy atom. The van der Waals surface area contributed by atoms with E-state index in [-0.39, 0.29) is 12.3 Å².